The van der Waals surface area contributed by atoms with Crippen LogP contribution < -0.4 is 5.32 Å². The van der Waals surface area contributed by atoms with Crippen LogP contribution in [0.4, 0.5) is 0 Å². The fraction of sp³-hybridized carbons (Fsp3) is 0.375. The van der Waals surface area contributed by atoms with E-state index in [-0.39, 0.29) is 18.6 Å². The average molecular weight is 354 g/mol. The highest BCUT2D eigenvalue weighted by Gasteiger charge is 2.11. The zero-order valence-electron chi connectivity index (χ0n) is 12.4. The second-order valence-corrected chi connectivity index (χ2v) is 6.01. The fourth-order valence-corrected chi connectivity index (χ4v) is 1.84. The molecule has 0 saturated carbocycles. The number of rotatable bonds is 6. The Bertz CT molecular complexity index is 526. The van der Waals surface area contributed by atoms with Gasteiger partial charge in [0, 0.05) is 16.6 Å². The van der Waals surface area contributed by atoms with Gasteiger partial charge in [0.05, 0.1) is 0 Å². The SMILES string of the molecule is CC(C)[C@H](C)NC(=O)COC(=O)/C=C/c1cccc(Br)c1. The van der Waals surface area contributed by atoms with Crippen LogP contribution in [0.2, 0.25) is 0 Å². The Hall–Kier alpha value is -1.62. The van der Waals surface area contributed by atoms with Crippen LogP contribution in [0.1, 0.15) is 26.3 Å². The molecule has 114 valence electrons. The summed E-state index contributed by atoms with van der Waals surface area (Å²) in [6.07, 6.45) is 2.95. The lowest BCUT2D eigenvalue weighted by molar-refractivity contribution is -0.144. The number of halogens is 1. The van der Waals surface area contributed by atoms with E-state index in [4.69, 9.17) is 4.74 Å². The minimum Gasteiger partial charge on any atom is -0.452 e. The third kappa shape index (κ3) is 7.09. The summed E-state index contributed by atoms with van der Waals surface area (Å²) in [5, 5.41) is 2.77. The minimum atomic E-state index is -0.540. The number of nitrogens with one attached hydrogen (secondary N) is 1. The number of amides is 1. The molecule has 1 atom stereocenters. The third-order valence-electron chi connectivity index (χ3n) is 2.99. The molecule has 0 fully saturated rings. The molecule has 0 saturated heterocycles. The fourth-order valence-electron chi connectivity index (χ4n) is 1.42. The predicted octanol–water partition coefficient (Wildman–Crippen LogP) is 3.17. The predicted molar refractivity (Wildman–Crippen MR) is 86.6 cm³/mol. The van der Waals surface area contributed by atoms with Crippen molar-refractivity contribution in [3.05, 3.63) is 40.4 Å². The minimum absolute atomic E-state index is 0.0495. The van der Waals surface area contributed by atoms with Crippen molar-refractivity contribution in [3.63, 3.8) is 0 Å². The van der Waals surface area contributed by atoms with E-state index in [1.54, 1.807) is 6.08 Å². The quantitative estimate of drug-likeness (QED) is 0.631. The number of carbonyl (C=O) groups is 2. The Labute approximate surface area is 133 Å². The van der Waals surface area contributed by atoms with Crippen LogP contribution in [-0.2, 0) is 14.3 Å². The smallest absolute Gasteiger partial charge is 0.331 e. The van der Waals surface area contributed by atoms with Gasteiger partial charge >= 0.3 is 5.97 Å². The van der Waals surface area contributed by atoms with Crippen LogP contribution in [0.3, 0.4) is 0 Å². The maximum absolute atomic E-state index is 11.6. The lowest BCUT2D eigenvalue weighted by Crippen LogP contribution is -2.38. The zero-order valence-corrected chi connectivity index (χ0v) is 14.0. The van der Waals surface area contributed by atoms with Crippen LogP contribution in [0, 0.1) is 5.92 Å². The molecule has 0 heterocycles. The summed E-state index contributed by atoms with van der Waals surface area (Å²) in [5.41, 5.74) is 0.874. The summed E-state index contributed by atoms with van der Waals surface area (Å²) < 4.78 is 5.82. The lowest BCUT2D eigenvalue weighted by atomic mass is 10.1. The molecule has 0 bridgehead atoms. The van der Waals surface area contributed by atoms with Crippen LogP contribution in [0.25, 0.3) is 6.08 Å². The molecule has 1 aromatic rings. The first-order valence-electron chi connectivity index (χ1n) is 6.78. The van der Waals surface area contributed by atoms with E-state index < -0.39 is 5.97 Å². The standard InChI is InChI=1S/C16H20BrNO3/c1-11(2)12(3)18-15(19)10-21-16(20)8-7-13-5-4-6-14(17)9-13/h4-9,11-12H,10H2,1-3H3,(H,18,19)/b8-7+/t12-/m0/s1. The molecule has 1 aromatic carbocycles. The number of benzene rings is 1. The summed E-state index contributed by atoms with van der Waals surface area (Å²) in [7, 11) is 0. The molecular formula is C16H20BrNO3. The van der Waals surface area contributed by atoms with E-state index >= 15 is 0 Å². The molecule has 0 aliphatic rings. The molecule has 0 aromatic heterocycles. The van der Waals surface area contributed by atoms with E-state index in [0.717, 1.165) is 10.0 Å². The van der Waals surface area contributed by atoms with Gasteiger partial charge < -0.3 is 10.1 Å². The Kier molecular flexibility index (Phi) is 7.15. The van der Waals surface area contributed by atoms with Crippen molar-refractivity contribution in [2.45, 2.75) is 26.8 Å². The monoisotopic (exact) mass is 353 g/mol. The van der Waals surface area contributed by atoms with Crippen molar-refractivity contribution in [1.29, 1.82) is 0 Å². The van der Waals surface area contributed by atoms with Gasteiger partial charge in [0.25, 0.3) is 5.91 Å². The van der Waals surface area contributed by atoms with E-state index in [0.29, 0.717) is 5.92 Å². The van der Waals surface area contributed by atoms with E-state index in [2.05, 4.69) is 21.2 Å². The van der Waals surface area contributed by atoms with Crippen molar-refractivity contribution in [3.8, 4) is 0 Å². The number of hydrogen-bond donors (Lipinski definition) is 1. The zero-order chi connectivity index (χ0) is 15.8. The van der Waals surface area contributed by atoms with Gasteiger partial charge in [0.1, 0.15) is 0 Å². The molecule has 1 rings (SSSR count). The number of ether oxygens (including phenoxy) is 1. The molecule has 21 heavy (non-hydrogen) atoms. The summed E-state index contributed by atoms with van der Waals surface area (Å²) in [6, 6.07) is 7.56. The van der Waals surface area contributed by atoms with Crippen molar-refractivity contribution >= 4 is 33.9 Å². The second-order valence-electron chi connectivity index (χ2n) is 5.10. The van der Waals surface area contributed by atoms with Gasteiger partial charge in [-0.25, -0.2) is 4.79 Å². The molecule has 5 heteroatoms. The molecule has 1 N–H and O–H groups in total. The van der Waals surface area contributed by atoms with Crippen molar-refractivity contribution in [2.75, 3.05) is 6.61 Å². The van der Waals surface area contributed by atoms with Crippen molar-refractivity contribution in [2.24, 2.45) is 5.92 Å². The van der Waals surface area contributed by atoms with Gasteiger partial charge in [-0.2, -0.15) is 0 Å². The molecule has 1 amide bonds. The summed E-state index contributed by atoms with van der Waals surface area (Å²) in [4.78, 5) is 23.1. The second kappa shape index (κ2) is 8.62. The first kappa shape index (κ1) is 17.4. The maximum atomic E-state index is 11.6. The third-order valence-corrected chi connectivity index (χ3v) is 3.49. The summed E-state index contributed by atoms with van der Waals surface area (Å²) in [6.45, 7) is 5.67. The highest BCUT2D eigenvalue weighted by atomic mass is 79.9. The van der Waals surface area contributed by atoms with Crippen LogP contribution in [0.5, 0.6) is 0 Å². The molecule has 4 nitrogen and oxygen atoms in total. The largest absolute Gasteiger partial charge is 0.452 e. The average Bonchev–Trinajstić information content (AvgIpc) is 2.42. The first-order chi connectivity index (χ1) is 9.88. The molecule has 0 unspecified atom stereocenters. The summed E-state index contributed by atoms with van der Waals surface area (Å²) in [5.74, 6) is -0.496. The van der Waals surface area contributed by atoms with Gasteiger partial charge in [0.15, 0.2) is 6.61 Å². The van der Waals surface area contributed by atoms with Crippen molar-refractivity contribution in [1.82, 2.24) is 5.32 Å². The van der Waals surface area contributed by atoms with Gasteiger partial charge in [-0.05, 0) is 36.6 Å². The maximum Gasteiger partial charge on any atom is 0.331 e. The number of carbonyl (C=O) groups excluding carboxylic acids is 2. The van der Waals surface area contributed by atoms with E-state index in [1.807, 2.05) is 45.0 Å². The molecular weight excluding hydrogens is 334 g/mol. The molecule has 0 aliphatic heterocycles. The molecule has 0 aliphatic carbocycles. The Morgan fingerprint density at radius 2 is 2.05 bits per heavy atom. The number of hydrogen-bond acceptors (Lipinski definition) is 3. The topological polar surface area (TPSA) is 55.4 Å². The van der Waals surface area contributed by atoms with E-state index in [1.165, 1.54) is 6.08 Å². The van der Waals surface area contributed by atoms with Gasteiger partial charge in [-0.3, -0.25) is 4.79 Å². The van der Waals surface area contributed by atoms with Crippen LogP contribution in [-0.4, -0.2) is 24.5 Å². The Morgan fingerprint density at radius 1 is 1.33 bits per heavy atom. The van der Waals surface area contributed by atoms with Gasteiger partial charge in [-0.1, -0.05) is 41.9 Å². The highest BCUT2D eigenvalue weighted by molar-refractivity contribution is 9.10. The van der Waals surface area contributed by atoms with Gasteiger partial charge in [0.2, 0.25) is 0 Å². The van der Waals surface area contributed by atoms with E-state index in [9.17, 15) is 9.59 Å². The molecule has 0 radical (unpaired) electrons. The van der Waals surface area contributed by atoms with Crippen LogP contribution in [0.15, 0.2) is 34.8 Å². The molecule has 0 spiro atoms. The Morgan fingerprint density at radius 3 is 2.67 bits per heavy atom. The first-order valence-corrected chi connectivity index (χ1v) is 7.57. The number of esters is 1. The van der Waals surface area contributed by atoms with Crippen molar-refractivity contribution < 1.29 is 14.3 Å². The summed E-state index contributed by atoms with van der Waals surface area (Å²) >= 11 is 3.35. The van der Waals surface area contributed by atoms with Crippen LogP contribution >= 0.6 is 15.9 Å². The lowest BCUT2D eigenvalue weighted by Gasteiger charge is -2.16. The highest BCUT2D eigenvalue weighted by Crippen LogP contribution is 2.12. The normalized spacial score (nSPS) is 12.4. The van der Waals surface area contributed by atoms with Gasteiger partial charge in [-0.15, -0.1) is 0 Å². The Balaban J connectivity index is 2.39.